The number of fused-ring (bicyclic) bond motifs is 1. The molecule has 12 heteroatoms. The lowest BCUT2D eigenvalue weighted by atomic mass is 9.91. The van der Waals surface area contributed by atoms with Crippen molar-refractivity contribution in [1.29, 1.82) is 0 Å². The molecule has 0 aliphatic carbocycles. The summed E-state index contributed by atoms with van der Waals surface area (Å²) in [5.74, 6) is -0.952. The van der Waals surface area contributed by atoms with Crippen LogP contribution in [-0.2, 0) is 31.9 Å². The van der Waals surface area contributed by atoms with Crippen LogP contribution in [0.25, 0.3) is 0 Å². The molecule has 218 valence electrons. The van der Waals surface area contributed by atoms with Crippen molar-refractivity contribution in [3.8, 4) is 0 Å². The number of esters is 1. The van der Waals surface area contributed by atoms with Crippen LogP contribution in [0, 0.1) is 6.92 Å². The van der Waals surface area contributed by atoms with Crippen LogP contribution in [-0.4, -0.2) is 84.6 Å². The largest absolute Gasteiger partial charge is 0.479 e. The highest BCUT2D eigenvalue weighted by molar-refractivity contribution is 5.74. The fraction of sp³-hybridized carbons (Fsp3) is 0.607. The van der Waals surface area contributed by atoms with E-state index in [1.54, 1.807) is 19.3 Å². The molecule has 2 aliphatic heterocycles. The molecule has 1 saturated heterocycles. The van der Waals surface area contributed by atoms with Crippen molar-refractivity contribution in [1.82, 2.24) is 15.0 Å². The first-order valence-corrected chi connectivity index (χ1v) is 13.9. The van der Waals surface area contributed by atoms with E-state index < -0.39 is 42.6 Å². The molecule has 6 unspecified atom stereocenters. The molecule has 0 amide bonds. The van der Waals surface area contributed by atoms with Gasteiger partial charge in [0.2, 0.25) is 6.29 Å². The van der Waals surface area contributed by atoms with Gasteiger partial charge in [0.1, 0.15) is 30.0 Å². The lowest BCUT2D eigenvalue weighted by Gasteiger charge is -2.38. The first kappa shape index (κ1) is 29.8. The number of carboxylic acid groups (broad SMARTS) is 1. The van der Waals surface area contributed by atoms with E-state index in [2.05, 4.69) is 27.4 Å². The molecule has 6 atom stereocenters. The summed E-state index contributed by atoms with van der Waals surface area (Å²) in [6.07, 6.45) is 1.76. The Morgan fingerprint density at radius 1 is 1.07 bits per heavy atom. The zero-order valence-corrected chi connectivity index (χ0v) is 22.6. The highest BCUT2D eigenvalue weighted by Crippen LogP contribution is 2.28. The van der Waals surface area contributed by atoms with Crippen LogP contribution in [0.5, 0.6) is 0 Å². The van der Waals surface area contributed by atoms with Gasteiger partial charge in [-0.15, -0.1) is 0 Å². The summed E-state index contributed by atoms with van der Waals surface area (Å²) in [5, 5.41) is 42.6. The van der Waals surface area contributed by atoms with Crippen molar-refractivity contribution in [2.75, 3.05) is 11.9 Å². The fourth-order valence-electron chi connectivity index (χ4n) is 5.09. The molecule has 0 spiro atoms. The van der Waals surface area contributed by atoms with E-state index in [0.29, 0.717) is 12.2 Å². The number of carbonyl (C=O) groups excluding carboxylic acids is 1. The van der Waals surface area contributed by atoms with Crippen molar-refractivity contribution in [3.05, 3.63) is 47.2 Å². The molecule has 12 nitrogen and oxygen atoms in total. The number of nitrogens with one attached hydrogen (secondary N) is 1. The van der Waals surface area contributed by atoms with Gasteiger partial charge in [-0.2, -0.15) is 0 Å². The zero-order chi connectivity index (χ0) is 28.6. The predicted octanol–water partition coefficient (Wildman–Crippen LogP) is 1.64. The number of carbonyl (C=O) groups is 2. The maximum absolute atomic E-state index is 12.8. The van der Waals surface area contributed by atoms with Crippen molar-refractivity contribution >= 4 is 17.8 Å². The second-order valence-electron chi connectivity index (χ2n) is 10.5. The van der Waals surface area contributed by atoms with E-state index in [-0.39, 0.29) is 12.3 Å². The van der Waals surface area contributed by atoms with Gasteiger partial charge in [0.25, 0.3) is 0 Å². The van der Waals surface area contributed by atoms with Gasteiger partial charge in [0, 0.05) is 24.6 Å². The molecule has 4 heterocycles. The van der Waals surface area contributed by atoms with Gasteiger partial charge in [-0.3, -0.25) is 4.79 Å². The minimum absolute atomic E-state index is 0.0819. The van der Waals surface area contributed by atoms with Crippen LogP contribution in [0.2, 0.25) is 0 Å². The SMILES string of the molecule is Cc1ncc(C(CCCCCCc2ccc3c(n2)NCCC3)CC(=O)OC2OC(C(=O)O)C(O)C(O)C2O)cn1. The molecule has 40 heavy (non-hydrogen) atoms. The predicted molar refractivity (Wildman–Crippen MR) is 142 cm³/mol. The Morgan fingerprint density at radius 2 is 1.82 bits per heavy atom. The molecule has 2 aliphatic rings. The smallest absolute Gasteiger partial charge is 0.335 e. The maximum atomic E-state index is 12.8. The topological polar surface area (TPSA) is 184 Å². The average molecular weight is 559 g/mol. The standard InChI is InChI=1S/C28H38N4O8/c1-16-30-14-19(15-31-16)18(13-21(33)39-28-24(36)22(34)23(35)25(40-28)27(37)38)7-4-2-3-5-9-20-11-10-17-8-6-12-29-26(17)32-20/h10-11,14-15,18,22-25,28,34-36H,2-9,12-13H2,1H3,(H,29,32)(H,37,38). The normalized spacial score (nSPS) is 24.9. The van der Waals surface area contributed by atoms with Gasteiger partial charge in [0.05, 0.1) is 6.42 Å². The van der Waals surface area contributed by atoms with Crippen LogP contribution < -0.4 is 5.32 Å². The molecule has 0 aromatic carbocycles. The lowest BCUT2D eigenvalue weighted by molar-refractivity contribution is -0.286. The quantitative estimate of drug-likeness (QED) is 0.188. The number of aliphatic hydroxyl groups excluding tert-OH is 3. The summed E-state index contributed by atoms with van der Waals surface area (Å²) in [4.78, 5) is 37.4. The number of carboxylic acids is 1. The maximum Gasteiger partial charge on any atom is 0.335 e. The van der Waals surface area contributed by atoms with Gasteiger partial charge in [-0.05, 0) is 62.1 Å². The Hall–Kier alpha value is -3.19. The Balaban J connectivity index is 1.28. The Labute approximate surface area is 232 Å². The second-order valence-corrected chi connectivity index (χ2v) is 10.5. The first-order valence-electron chi connectivity index (χ1n) is 13.9. The average Bonchev–Trinajstić information content (AvgIpc) is 2.94. The summed E-state index contributed by atoms with van der Waals surface area (Å²) in [6, 6.07) is 4.27. The summed E-state index contributed by atoms with van der Waals surface area (Å²) in [6.45, 7) is 2.73. The molecule has 5 N–H and O–H groups in total. The van der Waals surface area contributed by atoms with E-state index in [1.165, 1.54) is 5.56 Å². The van der Waals surface area contributed by atoms with E-state index in [4.69, 9.17) is 14.5 Å². The number of aromatic nitrogens is 3. The van der Waals surface area contributed by atoms with Crippen molar-refractivity contribution in [3.63, 3.8) is 0 Å². The molecule has 1 fully saturated rings. The highest BCUT2D eigenvalue weighted by atomic mass is 16.7. The highest BCUT2D eigenvalue weighted by Gasteiger charge is 2.48. The molecule has 0 saturated carbocycles. The molecule has 4 rings (SSSR count). The van der Waals surface area contributed by atoms with Gasteiger partial charge < -0.3 is 35.2 Å². The minimum atomic E-state index is -1.86. The van der Waals surface area contributed by atoms with Crippen molar-refractivity contribution < 1.29 is 39.5 Å². The summed E-state index contributed by atoms with van der Waals surface area (Å²) < 4.78 is 10.3. The lowest BCUT2D eigenvalue weighted by Crippen LogP contribution is -2.60. The van der Waals surface area contributed by atoms with E-state index in [0.717, 1.165) is 68.6 Å². The third-order valence-electron chi connectivity index (χ3n) is 7.43. The van der Waals surface area contributed by atoms with Gasteiger partial charge in [0.15, 0.2) is 6.10 Å². The molecule has 0 bridgehead atoms. The van der Waals surface area contributed by atoms with Crippen LogP contribution in [0.15, 0.2) is 24.5 Å². The summed E-state index contributed by atoms with van der Waals surface area (Å²) in [5.41, 5.74) is 3.12. The van der Waals surface area contributed by atoms with E-state index in [1.807, 2.05) is 0 Å². The number of aliphatic hydroxyl groups is 3. The third-order valence-corrected chi connectivity index (χ3v) is 7.43. The zero-order valence-electron chi connectivity index (χ0n) is 22.6. The van der Waals surface area contributed by atoms with E-state index in [9.17, 15) is 30.0 Å². The molecule has 2 aromatic rings. The molecular weight excluding hydrogens is 520 g/mol. The van der Waals surface area contributed by atoms with Crippen molar-refractivity contribution in [2.45, 2.75) is 101 Å². The third kappa shape index (κ3) is 7.72. The number of unbranched alkanes of at least 4 members (excludes halogenated alkanes) is 3. The number of hydrogen-bond donors (Lipinski definition) is 5. The molecule has 0 radical (unpaired) electrons. The number of anilines is 1. The van der Waals surface area contributed by atoms with Crippen LogP contribution in [0.4, 0.5) is 5.82 Å². The summed E-state index contributed by atoms with van der Waals surface area (Å²) in [7, 11) is 0. The summed E-state index contributed by atoms with van der Waals surface area (Å²) >= 11 is 0. The van der Waals surface area contributed by atoms with Crippen LogP contribution >= 0.6 is 0 Å². The van der Waals surface area contributed by atoms with Crippen LogP contribution in [0.1, 0.15) is 73.5 Å². The second kappa shape index (κ2) is 13.9. The van der Waals surface area contributed by atoms with Gasteiger partial charge in [-0.25, -0.2) is 19.7 Å². The van der Waals surface area contributed by atoms with Crippen LogP contribution in [0.3, 0.4) is 0 Å². The van der Waals surface area contributed by atoms with Gasteiger partial charge in [-0.1, -0.05) is 25.3 Å². The first-order chi connectivity index (χ1) is 19.2. The molecule has 2 aromatic heterocycles. The number of hydrogen-bond acceptors (Lipinski definition) is 11. The number of rotatable bonds is 12. The van der Waals surface area contributed by atoms with Gasteiger partial charge >= 0.3 is 11.9 Å². The number of pyridine rings is 1. The Bertz CT molecular complexity index is 1150. The number of aryl methyl sites for hydroxylation is 3. The van der Waals surface area contributed by atoms with Crippen molar-refractivity contribution in [2.24, 2.45) is 0 Å². The monoisotopic (exact) mass is 558 g/mol. The molecular formula is C28H38N4O8. The Kier molecular flexibility index (Phi) is 10.4. The van der Waals surface area contributed by atoms with E-state index >= 15 is 0 Å². The fourth-order valence-corrected chi connectivity index (χ4v) is 5.09. The number of aliphatic carboxylic acids is 1. The Morgan fingerprint density at radius 3 is 2.58 bits per heavy atom. The number of ether oxygens (including phenoxy) is 2. The minimum Gasteiger partial charge on any atom is -0.479 e. The number of nitrogens with zero attached hydrogens (tertiary/aromatic N) is 3.